The van der Waals surface area contributed by atoms with Crippen LogP contribution in [0, 0.1) is 0 Å². The van der Waals surface area contributed by atoms with E-state index in [0.29, 0.717) is 64.6 Å². The molecule has 0 unspecified atom stereocenters. The smallest absolute Gasteiger partial charge is 0.193 e. The average molecular weight is 710 g/mol. The summed E-state index contributed by atoms with van der Waals surface area (Å²) in [6.07, 6.45) is 0. The van der Waals surface area contributed by atoms with Crippen LogP contribution in [0.2, 0.25) is 20.1 Å². The van der Waals surface area contributed by atoms with Crippen molar-refractivity contribution in [3.8, 4) is 0 Å². The molecule has 0 aliphatic carbocycles. The third-order valence-electron chi connectivity index (χ3n) is 7.23. The summed E-state index contributed by atoms with van der Waals surface area (Å²) in [5.41, 5.74) is 3.64. The summed E-state index contributed by atoms with van der Waals surface area (Å²) in [5, 5.41) is 2.24. The second-order valence-electron chi connectivity index (χ2n) is 10.5. The maximum absolute atomic E-state index is 12.8. The molecule has 0 saturated carbocycles. The SMILES string of the molecule is O=C(c1ccc(Cl)cc1)c1cccc(C(=O)c2ccc(Cl)cc2)c1.O=C(c1ccc(Cl)cc1)c1ccccc1C(=O)c1ccc(Cl)cc1. The van der Waals surface area contributed by atoms with Gasteiger partial charge in [0.05, 0.1) is 0 Å². The van der Waals surface area contributed by atoms with Gasteiger partial charge in [-0.3, -0.25) is 19.2 Å². The summed E-state index contributed by atoms with van der Waals surface area (Å²) in [4.78, 5) is 50.6. The van der Waals surface area contributed by atoms with E-state index in [1.54, 1.807) is 146 Å². The highest BCUT2D eigenvalue weighted by atomic mass is 35.5. The molecule has 0 atom stereocenters. The maximum Gasteiger partial charge on any atom is 0.193 e. The van der Waals surface area contributed by atoms with Gasteiger partial charge in [0, 0.05) is 64.6 Å². The second kappa shape index (κ2) is 15.8. The molecule has 0 saturated heterocycles. The van der Waals surface area contributed by atoms with E-state index in [4.69, 9.17) is 46.4 Å². The van der Waals surface area contributed by atoms with Crippen LogP contribution in [0.4, 0.5) is 0 Å². The minimum absolute atomic E-state index is 0.155. The number of carbonyl (C=O) groups excluding carboxylic acids is 4. The Hall–Kier alpha value is -4.84. The highest BCUT2D eigenvalue weighted by Gasteiger charge is 2.19. The fraction of sp³-hybridized carbons (Fsp3) is 0. The van der Waals surface area contributed by atoms with Gasteiger partial charge in [0.1, 0.15) is 0 Å². The van der Waals surface area contributed by atoms with Crippen molar-refractivity contribution in [2.45, 2.75) is 0 Å². The van der Waals surface area contributed by atoms with Gasteiger partial charge >= 0.3 is 0 Å². The third-order valence-corrected chi connectivity index (χ3v) is 8.24. The molecule has 6 rings (SSSR count). The Morgan fingerprint density at radius 1 is 0.292 bits per heavy atom. The summed E-state index contributed by atoms with van der Waals surface area (Å²) >= 11 is 23.4. The van der Waals surface area contributed by atoms with Crippen LogP contribution < -0.4 is 0 Å². The van der Waals surface area contributed by atoms with Gasteiger partial charge in [-0.1, -0.05) is 88.9 Å². The molecule has 0 aliphatic heterocycles. The van der Waals surface area contributed by atoms with Crippen molar-refractivity contribution in [3.05, 3.63) is 210 Å². The van der Waals surface area contributed by atoms with Crippen LogP contribution in [0.3, 0.4) is 0 Å². The van der Waals surface area contributed by atoms with E-state index in [1.165, 1.54) is 0 Å². The van der Waals surface area contributed by atoms with Crippen molar-refractivity contribution < 1.29 is 19.2 Å². The van der Waals surface area contributed by atoms with E-state index < -0.39 is 0 Å². The summed E-state index contributed by atoms with van der Waals surface area (Å²) in [6.45, 7) is 0. The number of halogens is 4. The van der Waals surface area contributed by atoms with Gasteiger partial charge in [-0.2, -0.15) is 0 Å². The van der Waals surface area contributed by atoms with Gasteiger partial charge in [-0.15, -0.1) is 0 Å². The first-order valence-corrected chi connectivity index (χ1v) is 16.0. The molecule has 0 bridgehead atoms. The Labute approximate surface area is 297 Å². The van der Waals surface area contributed by atoms with Crippen molar-refractivity contribution in [1.82, 2.24) is 0 Å². The predicted octanol–water partition coefficient (Wildman–Crippen LogP) is 10.9. The average Bonchev–Trinajstić information content (AvgIpc) is 3.12. The number of hydrogen-bond donors (Lipinski definition) is 0. The lowest BCUT2D eigenvalue weighted by Crippen LogP contribution is -2.11. The molecular formula is C40H24Cl4O4. The molecule has 236 valence electrons. The van der Waals surface area contributed by atoms with E-state index >= 15 is 0 Å². The molecule has 48 heavy (non-hydrogen) atoms. The minimum atomic E-state index is -0.218. The standard InChI is InChI=1S/2C20H12Cl2O2/c21-17-8-4-13(5-9-17)19(23)15-2-1-3-16(12-15)20(24)14-6-10-18(22)11-7-14;21-15-9-5-13(6-10-15)19(23)17-3-1-2-4-18(17)20(24)14-7-11-16(22)12-8-14/h2*1-12H. The molecule has 8 heteroatoms. The highest BCUT2D eigenvalue weighted by Crippen LogP contribution is 2.22. The number of benzene rings is 6. The van der Waals surface area contributed by atoms with Crippen LogP contribution in [-0.4, -0.2) is 23.1 Å². The molecule has 4 nitrogen and oxygen atoms in total. The molecule has 0 heterocycles. The molecule has 0 aromatic heterocycles. The molecule has 6 aromatic carbocycles. The third kappa shape index (κ3) is 8.54. The first-order valence-electron chi connectivity index (χ1n) is 14.5. The van der Waals surface area contributed by atoms with Gasteiger partial charge in [-0.05, 0) is 103 Å². The van der Waals surface area contributed by atoms with Crippen LogP contribution in [0.1, 0.15) is 63.7 Å². The molecule has 0 aliphatic rings. The fourth-order valence-corrected chi connectivity index (χ4v) is 5.23. The van der Waals surface area contributed by atoms with Crippen molar-refractivity contribution in [2.75, 3.05) is 0 Å². The molecule has 6 aromatic rings. The monoisotopic (exact) mass is 708 g/mol. The minimum Gasteiger partial charge on any atom is -0.289 e. The lowest BCUT2D eigenvalue weighted by atomic mass is 9.93. The van der Waals surface area contributed by atoms with E-state index in [0.717, 1.165) is 0 Å². The second-order valence-corrected chi connectivity index (χ2v) is 12.2. The van der Waals surface area contributed by atoms with E-state index in [9.17, 15) is 19.2 Å². The summed E-state index contributed by atoms with van der Waals surface area (Å²) in [6, 6.07) is 40.0. The predicted molar refractivity (Wildman–Crippen MR) is 192 cm³/mol. The molecule has 0 amide bonds. The largest absolute Gasteiger partial charge is 0.289 e. The van der Waals surface area contributed by atoms with E-state index in [-0.39, 0.29) is 23.1 Å². The first kappa shape index (κ1) is 34.5. The maximum atomic E-state index is 12.8. The quantitative estimate of drug-likeness (QED) is 0.148. The Morgan fingerprint density at radius 2 is 0.562 bits per heavy atom. The number of carbonyl (C=O) groups is 4. The molecule has 0 fully saturated rings. The number of rotatable bonds is 8. The Balaban J connectivity index is 0.000000188. The molecule has 0 radical (unpaired) electrons. The van der Waals surface area contributed by atoms with Crippen LogP contribution in [0.15, 0.2) is 146 Å². The fourth-order valence-electron chi connectivity index (χ4n) is 4.73. The van der Waals surface area contributed by atoms with E-state index in [2.05, 4.69) is 0 Å². The zero-order chi connectivity index (χ0) is 34.2. The zero-order valence-corrected chi connectivity index (χ0v) is 28.0. The van der Waals surface area contributed by atoms with Crippen LogP contribution in [-0.2, 0) is 0 Å². The van der Waals surface area contributed by atoms with Crippen molar-refractivity contribution in [1.29, 1.82) is 0 Å². The highest BCUT2D eigenvalue weighted by molar-refractivity contribution is 6.32. The number of ketones is 4. The van der Waals surface area contributed by atoms with Crippen LogP contribution >= 0.6 is 46.4 Å². The lowest BCUT2D eigenvalue weighted by molar-refractivity contribution is 0.100. The Morgan fingerprint density at radius 3 is 0.854 bits per heavy atom. The van der Waals surface area contributed by atoms with Gasteiger partial charge in [0.25, 0.3) is 0 Å². The Bertz CT molecular complexity index is 1960. The van der Waals surface area contributed by atoms with Crippen molar-refractivity contribution >= 4 is 69.5 Å². The topological polar surface area (TPSA) is 68.3 Å². The Kier molecular flexibility index (Phi) is 11.4. The molecule has 0 spiro atoms. The van der Waals surface area contributed by atoms with Gasteiger partial charge < -0.3 is 0 Å². The summed E-state index contributed by atoms with van der Waals surface area (Å²) in [5.74, 6) is -0.746. The zero-order valence-electron chi connectivity index (χ0n) is 25.0. The first-order chi connectivity index (χ1) is 23.1. The van der Waals surface area contributed by atoms with Gasteiger partial charge in [0.2, 0.25) is 0 Å². The van der Waals surface area contributed by atoms with Crippen molar-refractivity contribution in [3.63, 3.8) is 0 Å². The van der Waals surface area contributed by atoms with Crippen molar-refractivity contribution in [2.24, 2.45) is 0 Å². The normalized spacial score (nSPS) is 10.4. The van der Waals surface area contributed by atoms with Crippen LogP contribution in [0.25, 0.3) is 0 Å². The van der Waals surface area contributed by atoms with Crippen LogP contribution in [0.5, 0.6) is 0 Å². The number of hydrogen-bond acceptors (Lipinski definition) is 4. The molecule has 0 N–H and O–H groups in total. The van der Waals surface area contributed by atoms with E-state index in [1.807, 2.05) is 0 Å². The lowest BCUT2D eigenvalue weighted by Gasteiger charge is -2.08. The van der Waals surface area contributed by atoms with Gasteiger partial charge in [-0.25, -0.2) is 0 Å². The molecular weight excluding hydrogens is 686 g/mol. The summed E-state index contributed by atoms with van der Waals surface area (Å²) < 4.78 is 0. The summed E-state index contributed by atoms with van der Waals surface area (Å²) in [7, 11) is 0. The van der Waals surface area contributed by atoms with Gasteiger partial charge in [0.15, 0.2) is 23.1 Å².